The smallest absolute Gasteiger partial charge is 0.121 e. The summed E-state index contributed by atoms with van der Waals surface area (Å²) in [4.78, 5) is 2.42. The fourth-order valence-corrected chi connectivity index (χ4v) is 2.00. The van der Waals surface area contributed by atoms with Crippen molar-refractivity contribution < 1.29 is 4.74 Å². The van der Waals surface area contributed by atoms with E-state index < -0.39 is 0 Å². The molecule has 2 rings (SSSR count). The molecule has 1 aromatic carbocycles. The molecule has 0 N–H and O–H groups in total. The van der Waals surface area contributed by atoms with Crippen molar-refractivity contribution in [1.29, 1.82) is 0 Å². The van der Waals surface area contributed by atoms with E-state index in [2.05, 4.69) is 36.9 Å². The van der Waals surface area contributed by atoms with Crippen molar-refractivity contribution in [3.05, 3.63) is 24.3 Å². The Labute approximate surface area is 91.9 Å². The molecule has 0 aliphatic carbocycles. The van der Waals surface area contributed by atoms with Crippen molar-refractivity contribution >= 4 is 5.69 Å². The van der Waals surface area contributed by atoms with Gasteiger partial charge in [-0.2, -0.15) is 0 Å². The summed E-state index contributed by atoms with van der Waals surface area (Å²) in [6.45, 7) is 6.49. The Morgan fingerprint density at radius 3 is 2.60 bits per heavy atom. The molecule has 0 aromatic heterocycles. The van der Waals surface area contributed by atoms with Gasteiger partial charge in [0.15, 0.2) is 0 Å². The molecule has 0 spiro atoms. The van der Waals surface area contributed by atoms with Crippen LogP contribution >= 0.6 is 0 Å². The number of ether oxygens (including phenoxy) is 1. The number of hydrogen-bond acceptors (Lipinski definition) is 2. The highest BCUT2D eigenvalue weighted by Crippen LogP contribution is 2.24. The first-order valence-corrected chi connectivity index (χ1v) is 5.77. The predicted octanol–water partition coefficient (Wildman–Crippen LogP) is 3.07. The van der Waals surface area contributed by atoms with E-state index in [-0.39, 0.29) is 6.10 Å². The van der Waals surface area contributed by atoms with Crippen LogP contribution < -0.4 is 9.64 Å². The monoisotopic (exact) mass is 205 g/mol. The highest BCUT2D eigenvalue weighted by molar-refractivity contribution is 5.51. The third kappa shape index (κ3) is 2.65. The molecule has 0 radical (unpaired) electrons. The maximum Gasteiger partial charge on any atom is 0.121 e. The van der Waals surface area contributed by atoms with Crippen LogP contribution in [-0.4, -0.2) is 19.2 Å². The molecular formula is C13H19NO. The Balaban J connectivity index is 2.11. The molecule has 1 aromatic rings. The first-order chi connectivity index (χ1) is 7.25. The fourth-order valence-electron chi connectivity index (χ4n) is 2.00. The van der Waals surface area contributed by atoms with Gasteiger partial charge < -0.3 is 9.64 Å². The normalized spacial score (nSPS) is 16.1. The first-order valence-electron chi connectivity index (χ1n) is 5.77. The third-order valence-corrected chi connectivity index (χ3v) is 2.66. The molecule has 1 aliphatic rings. The standard InChI is InChI=1S/C13H19NO/c1-11(2)15-13-7-5-6-12(10-13)14-8-3-4-9-14/h5-7,10-11H,3-4,8-9H2,1-2H3. The molecule has 82 valence electrons. The van der Waals surface area contributed by atoms with E-state index in [0.717, 1.165) is 5.75 Å². The average molecular weight is 205 g/mol. The maximum absolute atomic E-state index is 5.69. The van der Waals surface area contributed by atoms with Crippen LogP contribution in [0.3, 0.4) is 0 Å². The molecule has 1 fully saturated rings. The van der Waals surface area contributed by atoms with Crippen LogP contribution in [0.2, 0.25) is 0 Å². The van der Waals surface area contributed by atoms with Crippen LogP contribution in [-0.2, 0) is 0 Å². The number of nitrogens with zero attached hydrogens (tertiary/aromatic N) is 1. The van der Waals surface area contributed by atoms with E-state index in [0.29, 0.717) is 0 Å². The van der Waals surface area contributed by atoms with Crippen LogP contribution in [0, 0.1) is 0 Å². The lowest BCUT2D eigenvalue weighted by Crippen LogP contribution is -2.17. The van der Waals surface area contributed by atoms with Gasteiger partial charge in [-0.05, 0) is 38.8 Å². The van der Waals surface area contributed by atoms with Crippen LogP contribution in [0.4, 0.5) is 5.69 Å². The average Bonchev–Trinajstić information content (AvgIpc) is 2.69. The van der Waals surface area contributed by atoms with Crippen molar-refractivity contribution in [3.8, 4) is 5.75 Å². The predicted molar refractivity (Wildman–Crippen MR) is 63.7 cm³/mol. The second-order valence-corrected chi connectivity index (χ2v) is 4.36. The van der Waals surface area contributed by atoms with E-state index in [1.165, 1.54) is 31.6 Å². The summed E-state index contributed by atoms with van der Waals surface area (Å²) >= 11 is 0. The lowest BCUT2D eigenvalue weighted by Gasteiger charge is -2.19. The molecule has 1 aliphatic heterocycles. The zero-order valence-electron chi connectivity index (χ0n) is 9.57. The van der Waals surface area contributed by atoms with E-state index in [1.807, 2.05) is 6.07 Å². The second kappa shape index (κ2) is 4.56. The Morgan fingerprint density at radius 2 is 1.93 bits per heavy atom. The van der Waals surface area contributed by atoms with Gasteiger partial charge in [0.2, 0.25) is 0 Å². The molecule has 0 unspecified atom stereocenters. The molecule has 0 amide bonds. The fraction of sp³-hybridized carbons (Fsp3) is 0.538. The highest BCUT2D eigenvalue weighted by atomic mass is 16.5. The Bertz CT molecular complexity index is 316. The zero-order valence-corrected chi connectivity index (χ0v) is 9.57. The maximum atomic E-state index is 5.69. The van der Waals surface area contributed by atoms with Gasteiger partial charge in [0.25, 0.3) is 0 Å². The quantitative estimate of drug-likeness (QED) is 0.752. The minimum atomic E-state index is 0.249. The summed E-state index contributed by atoms with van der Waals surface area (Å²) in [5, 5.41) is 0. The molecule has 0 atom stereocenters. The SMILES string of the molecule is CC(C)Oc1cccc(N2CCCC2)c1. The third-order valence-electron chi connectivity index (χ3n) is 2.66. The van der Waals surface area contributed by atoms with Crippen molar-refractivity contribution in [2.45, 2.75) is 32.8 Å². The van der Waals surface area contributed by atoms with Gasteiger partial charge in [-0.3, -0.25) is 0 Å². The summed E-state index contributed by atoms with van der Waals surface area (Å²) in [6.07, 6.45) is 2.88. The van der Waals surface area contributed by atoms with E-state index in [9.17, 15) is 0 Å². The molecule has 0 saturated carbocycles. The van der Waals surface area contributed by atoms with E-state index in [4.69, 9.17) is 4.74 Å². The van der Waals surface area contributed by atoms with Crippen LogP contribution in [0.5, 0.6) is 5.75 Å². The summed E-state index contributed by atoms with van der Waals surface area (Å²) in [5.74, 6) is 0.981. The first kappa shape index (κ1) is 10.3. The van der Waals surface area contributed by atoms with E-state index >= 15 is 0 Å². The lowest BCUT2D eigenvalue weighted by atomic mass is 10.2. The number of hydrogen-bond donors (Lipinski definition) is 0. The van der Waals surface area contributed by atoms with Crippen molar-refractivity contribution in [2.75, 3.05) is 18.0 Å². The number of rotatable bonds is 3. The largest absolute Gasteiger partial charge is 0.491 e. The summed E-state index contributed by atoms with van der Waals surface area (Å²) in [7, 11) is 0. The van der Waals surface area contributed by atoms with Gasteiger partial charge in [-0.1, -0.05) is 6.07 Å². The zero-order chi connectivity index (χ0) is 10.7. The molecule has 1 saturated heterocycles. The van der Waals surface area contributed by atoms with Crippen molar-refractivity contribution in [2.24, 2.45) is 0 Å². The molecule has 15 heavy (non-hydrogen) atoms. The summed E-state index contributed by atoms with van der Waals surface area (Å²) < 4.78 is 5.69. The van der Waals surface area contributed by atoms with Gasteiger partial charge in [-0.25, -0.2) is 0 Å². The number of benzene rings is 1. The molecule has 1 heterocycles. The molecule has 2 heteroatoms. The molecule has 0 bridgehead atoms. The van der Waals surface area contributed by atoms with E-state index in [1.54, 1.807) is 0 Å². The van der Waals surface area contributed by atoms with Crippen LogP contribution in [0.15, 0.2) is 24.3 Å². The Kier molecular flexibility index (Phi) is 3.14. The van der Waals surface area contributed by atoms with Crippen LogP contribution in [0.1, 0.15) is 26.7 Å². The molecule has 2 nitrogen and oxygen atoms in total. The summed E-state index contributed by atoms with van der Waals surface area (Å²) in [6, 6.07) is 8.41. The lowest BCUT2D eigenvalue weighted by molar-refractivity contribution is 0.242. The van der Waals surface area contributed by atoms with Gasteiger partial charge in [0.05, 0.1) is 6.10 Å². The summed E-state index contributed by atoms with van der Waals surface area (Å²) in [5.41, 5.74) is 1.30. The van der Waals surface area contributed by atoms with Gasteiger partial charge in [0, 0.05) is 24.8 Å². The van der Waals surface area contributed by atoms with Gasteiger partial charge >= 0.3 is 0 Å². The number of anilines is 1. The van der Waals surface area contributed by atoms with Gasteiger partial charge in [-0.15, -0.1) is 0 Å². The highest BCUT2D eigenvalue weighted by Gasteiger charge is 2.12. The minimum Gasteiger partial charge on any atom is -0.491 e. The Hall–Kier alpha value is -1.18. The second-order valence-electron chi connectivity index (χ2n) is 4.36. The minimum absolute atomic E-state index is 0.249. The Morgan fingerprint density at radius 1 is 1.20 bits per heavy atom. The molecular weight excluding hydrogens is 186 g/mol. The van der Waals surface area contributed by atoms with Crippen molar-refractivity contribution in [3.63, 3.8) is 0 Å². The van der Waals surface area contributed by atoms with Crippen molar-refractivity contribution in [1.82, 2.24) is 0 Å². The topological polar surface area (TPSA) is 12.5 Å². The van der Waals surface area contributed by atoms with Gasteiger partial charge in [0.1, 0.15) is 5.75 Å². The van der Waals surface area contributed by atoms with Crippen LogP contribution in [0.25, 0.3) is 0 Å².